The highest BCUT2D eigenvalue weighted by Crippen LogP contribution is 2.23. The van der Waals surface area contributed by atoms with Crippen LogP contribution in [0.1, 0.15) is 17.0 Å². The number of sulfonamides is 1. The van der Waals surface area contributed by atoms with Crippen LogP contribution in [-0.4, -0.2) is 37.3 Å². The Morgan fingerprint density at radius 3 is 2.52 bits per heavy atom. The third-order valence-corrected chi connectivity index (χ3v) is 5.37. The van der Waals surface area contributed by atoms with Crippen LogP contribution in [0.5, 0.6) is 0 Å². The van der Waals surface area contributed by atoms with Gasteiger partial charge in [0, 0.05) is 5.56 Å². The summed E-state index contributed by atoms with van der Waals surface area (Å²) in [6.07, 6.45) is 1.07. The molecule has 29 heavy (non-hydrogen) atoms. The summed E-state index contributed by atoms with van der Waals surface area (Å²) in [6, 6.07) is 14.7. The second kappa shape index (κ2) is 8.44. The van der Waals surface area contributed by atoms with E-state index in [-0.39, 0.29) is 19.0 Å². The van der Waals surface area contributed by atoms with Crippen LogP contribution in [0.3, 0.4) is 0 Å². The van der Waals surface area contributed by atoms with Crippen molar-refractivity contribution in [2.45, 2.75) is 20.4 Å². The zero-order chi connectivity index (χ0) is 21.0. The average molecular weight is 414 g/mol. The number of nitrogens with one attached hydrogen (secondary N) is 1. The maximum Gasteiger partial charge on any atom is 0.246 e. The van der Waals surface area contributed by atoms with Gasteiger partial charge in [0.15, 0.2) is 0 Å². The topological polar surface area (TPSA) is 105 Å². The molecule has 0 fully saturated rings. The van der Waals surface area contributed by atoms with Crippen LogP contribution in [0, 0.1) is 13.8 Å². The first-order chi connectivity index (χ1) is 13.7. The van der Waals surface area contributed by atoms with Crippen molar-refractivity contribution in [3.8, 4) is 11.4 Å². The van der Waals surface area contributed by atoms with Crippen molar-refractivity contribution in [1.29, 1.82) is 0 Å². The number of hydrogen-bond donors (Lipinski definition) is 1. The van der Waals surface area contributed by atoms with Crippen LogP contribution in [0.25, 0.3) is 11.4 Å². The van der Waals surface area contributed by atoms with E-state index in [4.69, 9.17) is 4.52 Å². The van der Waals surface area contributed by atoms with Crippen molar-refractivity contribution in [3.05, 3.63) is 65.5 Å². The lowest BCUT2D eigenvalue weighted by Gasteiger charge is -2.23. The van der Waals surface area contributed by atoms with E-state index in [0.717, 1.165) is 27.3 Å². The molecule has 0 atom stereocenters. The number of aromatic nitrogens is 2. The number of anilines is 1. The predicted molar refractivity (Wildman–Crippen MR) is 110 cm³/mol. The first-order valence-electron chi connectivity index (χ1n) is 8.94. The molecule has 8 nitrogen and oxygen atoms in total. The zero-order valence-corrected chi connectivity index (χ0v) is 17.2. The number of aryl methyl sites for hydroxylation is 2. The molecule has 3 aromatic rings. The Bertz CT molecular complexity index is 1110. The summed E-state index contributed by atoms with van der Waals surface area (Å²) in [5.74, 6) is 0.173. The molecule has 2 aromatic carbocycles. The van der Waals surface area contributed by atoms with Crippen molar-refractivity contribution >= 4 is 21.6 Å². The normalized spacial score (nSPS) is 11.3. The molecular weight excluding hydrogens is 392 g/mol. The number of carbonyl (C=O) groups is 1. The Kier molecular flexibility index (Phi) is 5.97. The van der Waals surface area contributed by atoms with E-state index >= 15 is 0 Å². The van der Waals surface area contributed by atoms with Gasteiger partial charge in [-0.15, -0.1) is 0 Å². The van der Waals surface area contributed by atoms with Crippen LogP contribution in [0.15, 0.2) is 53.1 Å². The quantitative estimate of drug-likeness (QED) is 0.637. The maximum absolute atomic E-state index is 12.4. The number of rotatable bonds is 7. The second-order valence-electron chi connectivity index (χ2n) is 6.71. The van der Waals surface area contributed by atoms with E-state index in [0.29, 0.717) is 11.5 Å². The minimum atomic E-state index is -3.64. The highest BCUT2D eigenvalue weighted by atomic mass is 32.2. The van der Waals surface area contributed by atoms with Crippen LogP contribution in [0.4, 0.5) is 5.69 Å². The van der Waals surface area contributed by atoms with E-state index in [2.05, 4.69) is 15.5 Å². The van der Waals surface area contributed by atoms with Crippen LogP contribution >= 0.6 is 0 Å². The van der Waals surface area contributed by atoms with Gasteiger partial charge in [0.2, 0.25) is 27.6 Å². The van der Waals surface area contributed by atoms with Crippen molar-refractivity contribution in [3.63, 3.8) is 0 Å². The molecule has 0 saturated carbocycles. The van der Waals surface area contributed by atoms with E-state index < -0.39 is 15.9 Å². The van der Waals surface area contributed by atoms with Gasteiger partial charge >= 0.3 is 0 Å². The largest absolute Gasteiger partial charge is 0.345 e. The minimum Gasteiger partial charge on any atom is -0.345 e. The molecule has 1 N–H and O–H groups in total. The van der Waals surface area contributed by atoms with Gasteiger partial charge in [-0.3, -0.25) is 9.10 Å². The first kappa shape index (κ1) is 20.5. The van der Waals surface area contributed by atoms with Crippen molar-refractivity contribution in [1.82, 2.24) is 15.5 Å². The van der Waals surface area contributed by atoms with Crippen molar-refractivity contribution in [2.75, 3.05) is 17.1 Å². The molecule has 0 radical (unpaired) electrons. The van der Waals surface area contributed by atoms with Gasteiger partial charge in [0.25, 0.3) is 0 Å². The molecule has 0 bridgehead atoms. The summed E-state index contributed by atoms with van der Waals surface area (Å²) in [4.78, 5) is 16.6. The lowest BCUT2D eigenvalue weighted by Crippen LogP contribution is -2.40. The maximum atomic E-state index is 12.4. The molecule has 0 aliphatic heterocycles. The van der Waals surface area contributed by atoms with E-state index in [1.54, 1.807) is 6.07 Å². The van der Waals surface area contributed by atoms with Crippen LogP contribution < -0.4 is 9.62 Å². The Morgan fingerprint density at radius 2 is 1.86 bits per heavy atom. The second-order valence-corrected chi connectivity index (χ2v) is 8.62. The zero-order valence-electron chi connectivity index (χ0n) is 16.4. The van der Waals surface area contributed by atoms with Crippen molar-refractivity contribution < 1.29 is 17.7 Å². The Balaban J connectivity index is 1.68. The fourth-order valence-electron chi connectivity index (χ4n) is 2.86. The van der Waals surface area contributed by atoms with E-state index in [9.17, 15) is 13.2 Å². The predicted octanol–water partition coefficient (Wildman–Crippen LogP) is 2.44. The summed E-state index contributed by atoms with van der Waals surface area (Å²) in [5, 5.41) is 6.51. The summed E-state index contributed by atoms with van der Waals surface area (Å²) in [7, 11) is -3.64. The third kappa shape index (κ3) is 5.20. The SMILES string of the molecule is Cc1ccc(N(CC(=O)NCc2nc(-c3ccccc3)no2)S(C)(=O)=O)c(C)c1. The number of benzene rings is 2. The molecule has 0 saturated heterocycles. The smallest absolute Gasteiger partial charge is 0.246 e. The number of carbonyl (C=O) groups excluding carboxylic acids is 1. The molecule has 0 spiro atoms. The van der Waals surface area contributed by atoms with E-state index in [1.807, 2.05) is 56.3 Å². The minimum absolute atomic E-state index is 0.00312. The van der Waals surface area contributed by atoms with Crippen LogP contribution in [0.2, 0.25) is 0 Å². The average Bonchev–Trinajstić information content (AvgIpc) is 3.14. The summed E-state index contributed by atoms with van der Waals surface area (Å²) in [5.41, 5.74) is 3.05. The third-order valence-electron chi connectivity index (χ3n) is 4.25. The molecule has 9 heteroatoms. The highest BCUT2D eigenvalue weighted by molar-refractivity contribution is 7.92. The lowest BCUT2D eigenvalue weighted by molar-refractivity contribution is -0.119. The number of hydrogen-bond acceptors (Lipinski definition) is 6. The van der Waals surface area contributed by atoms with Gasteiger partial charge in [-0.2, -0.15) is 4.98 Å². The number of nitrogens with zero attached hydrogens (tertiary/aromatic N) is 3. The van der Waals surface area contributed by atoms with Gasteiger partial charge in [-0.1, -0.05) is 53.2 Å². The monoisotopic (exact) mass is 414 g/mol. The van der Waals surface area contributed by atoms with Crippen molar-refractivity contribution in [2.24, 2.45) is 0 Å². The molecular formula is C20H22N4O4S. The first-order valence-corrected chi connectivity index (χ1v) is 10.8. The fraction of sp³-hybridized carbons (Fsp3) is 0.250. The highest BCUT2D eigenvalue weighted by Gasteiger charge is 2.22. The summed E-state index contributed by atoms with van der Waals surface area (Å²) in [6.45, 7) is 3.38. The molecule has 0 aliphatic carbocycles. The Hall–Kier alpha value is -3.20. The molecule has 152 valence electrons. The van der Waals surface area contributed by atoms with Gasteiger partial charge < -0.3 is 9.84 Å². The molecule has 3 rings (SSSR count). The number of amides is 1. The lowest BCUT2D eigenvalue weighted by atomic mass is 10.1. The van der Waals surface area contributed by atoms with Gasteiger partial charge in [-0.05, 0) is 25.5 Å². The summed E-state index contributed by atoms with van der Waals surface area (Å²) < 4.78 is 30.7. The van der Waals surface area contributed by atoms with E-state index in [1.165, 1.54) is 0 Å². The van der Waals surface area contributed by atoms with Gasteiger partial charge in [0.05, 0.1) is 18.5 Å². The Morgan fingerprint density at radius 1 is 1.14 bits per heavy atom. The van der Waals surface area contributed by atoms with Gasteiger partial charge in [0.1, 0.15) is 6.54 Å². The molecule has 1 aromatic heterocycles. The molecule has 1 heterocycles. The Labute approximate surface area is 169 Å². The fourth-order valence-corrected chi connectivity index (χ4v) is 3.77. The molecule has 0 aliphatic rings. The summed E-state index contributed by atoms with van der Waals surface area (Å²) >= 11 is 0. The van der Waals surface area contributed by atoms with Crippen LogP contribution in [-0.2, 0) is 21.4 Å². The molecule has 1 amide bonds. The van der Waals surface area contributed by atoms with Gasteiger partial charge in [-0.25, -0.2) is 8.42 Å². The standard InChI is InChI=1S/C20H22N4O4S/c1-14-9-10-17(15(2)11-14)24(29(3,26)27)13-18(25)21-12-19-22-20(23-28-19)16-7-5-4-6-8-16/h4-11H,12-13H2,1-3H3,(H,21,25). The molecule has 0 unspecified atom stereocenters.